The molecule has 0 aliphatic heterocycles. The molecule has 0 bridgehead atoms. The number of nitrogens with zero attached hydrogens (tertiary/aromatic N) is 3. The quantitative estimate of drug-likeness (QED) is 0.582. The van der Waals surface area contributed by atoms with Gasteiger partial charge in [-0.05, 0) is 112 Å². The number of rotatable bonds is 7. The summed E-state index contributed by atoms with van der Waals surface area (Å²) < 4.78 is 7.32. The fourth-order valence-corrected chi connectivity index (χ4v) is 9.57. The third-order valence-corrected chi connectivity index (χ3v) is 11.2. The van der Waals surface area contributed by atoms with E-state index in [0.29, 0.717) is 47.9 Å². The molecule has 0 aromatic carbocycles. The molecule has 6 heteroatoms. The van der Waals surface area contributed by atoms with E-state index in [9.17, 15) is 9.90 Å². The minimum atomic E-state index is -0.655. The van der Waals surface area contributed by atoms with Crippen LogP contribution in [0.2, 0.25) is 0 Å². The number of ether oxygens (including phenoxy) is 1. The summed E-state index contributed by atoms with van der Waals surface area (Å²) in [5, 5.41) is 24.6. The maximum atomic E-state index is 13.5. The van der Waals surface area contributed by atoms with E-state index in [4.69, 9.17) is 10.00 Å². The molecular formula is C29H43N3O3. The third kappa shape index (κ3) is 4.07. The largest absolute Gasteiger partial charge is 0.387 e. The predicted molar refractivity (Wildman–Crippen MR) is 133 cm³/mol. The van der Waals surface area contributed by atoms with E-state index in [1.807, 2.05) is 6.92 Å². The molecule has 192 valence electrons. The number of carbonyl (C=O) groups excluding carboxylic acids is 1. The number of aliphatic hydroxyl groups is 1. The van der Waals surface area contributed by atoms with Crippen molar-refractivity contribution in [2.75, 3.05) is 13.2 Å². The van der Waals surface area contributed by atoms with Gasteiger partial charge in [0, 0.05) is 18.7 Å². The van der Waals surface area contributed by atoms with Crippen molar-refractivity contribution in [3.8, 4) is 6.07 Å². The fraction of sp³-hybridized carbons (Fsp3) is 0.828. The minimum absolute atomic E-state index is 0.0790. The molecule has 8 atom stereocenters. The maximum Gasteiger partial charge on any atom is 0.162 e. The number of nitriles is 1. The molecular weight excluding hydrogens is 438 g/mol. The van der Waals surface area contributed by atoms with Crippen molar-refractivity contribution in [3.05, 3.63) is 18.0 Å². The number of ketones is 1. The van der Waals surface area contributed by atoms with Crippen LogP contribution in [0.3, 0.4) is 0 Å². The summed E-state index contributed by atoms with van der Waals surface area (Å²) in [5.41, 5.74) is 0.137. The lowest BCUT2D eigenvalue weighted by Crippen LogP contribution is -2.57. The molecule has 4 saturated carbocycles. The lowest BCUT2D eigenvalue weighted by atomic mass is 9.42. The molecule has 0 amide bonds. The van der Waals surface area contributed by atoms with Crippen LogP contribution in [-0.2, 0) is 16.1 Å². The summed E-state index contributed by atoms with van der Waals surface area (Å²) in [4.78, 5) is 13.5. The smallest absolute Gasteiger partial charge is 0.162 e. The number of aromatic nitrogens is 2. The average Bonchev–Trinajstić information content (AvgIpc) is 3.46. The highest BCUT2D eigenvalue weighted by Crippen LogP contribution is 2.69. The fourth-order valence-electron chi connectivity index (χ4n) is 9.57. The minimum Gasteiger partial charge on any atom is -0.387 e. The van der Waals surface area contributed by atoms with Gasteiger partial charge in [0.1, 0.15) is 6.07 Å². The summed E-state index contributed by atoms with van der Waals surface area (Å²) in [7, 11) is 0. The Bertz CT molecular complexity index is 984. The Morgan fingerprint density at radius 3 is 2.74 bits per heavy atom. The molecule has 0 spiro atoms. The van der Waals surface area contributed by atoms with E-state index in [-0.39, 0.29) is 17.9 Å². The Morgan fingerprint density at radius 2 is 2.03 bits per heavy atom. The highest BCUT2D eigenvalue weighted by atomic mass is 16.5. The summed E-state index contributed by atoms with van der Waals surface area (Å²) in [5.74, 6) is 3.02. The lowest BCUT2D eigenvalue weighted by Gasteiger charge is -2.63. The van der Waals surface area contributed by atoms with Crippen molar-refractivity contribution in [1.29, 1.82) is 5.26 Å². The van der Waals surface area contributed by atoms with Crippen LogP contribution in [0.1, 0.15) is 90.7 Å². The van der Waals surface area contributed by atoms with Crippen LogP contribution in [0.15, 0.2) is 12.3 Å². The number of hydrogen-bond donors (Lipinski definition) is 1. The molecule has 1 aromatic rings. The molecule has 4 aliphatic rings. The zero-order valence-corrected chi connectivity index (χ0v) is 21.8. The molecule has 4 aliphatic carbocycles. The van der Waals surface area contributed by atoms with E-state index in [2.05, 4.69) is 25.0 Å². The van der Waals surface area contributed by atoms with Crippen LogP contribution in [0, 0.1) is 51.8 Å². The van der Waals surface area contributed by atoms with Crippen LogP contribution in [0.4, 0.5) is 0 Å². The second-order valence-electron chi connectivity index (χ2n) is 12.5. The van der Waals surface area contributed by atoms with Gasteiger partial charge >= 0.3 is 0 Å². The monoisotopic (exact) mass is 481 g/mol. The number of fused-ring (bicyclic) bond motifs is 5. The Morgan fingerprint density at radius 1 is 1.20 bits per heavy atom. The molecule has 6 nitrogen and oxygen atoms in total. The van der Waals surface area contributed by atoms with Crippen molar-refractivity contribution in [2.24, 2.45) is 40.4 Å². The van der Waals surface area contributed by atoms with E-state index in [1.54, 1.807) is 16.9 Å². The SMILES string of the molecule is CCOC[C@@]1(O)CC[C@@]2(CC)[C@@H](CC[C@H]3[C@@H]4CC[C@H](C(=O)Cn5ccc(C#N)n5)[C@@]4(C)CC[C@@H]32)C1. The van der Waals surface area contributed by atoms with Gasteiger partial charge in [0.05, 0.1) is 18.8 Å². The predicted octanol–water partition coefficient (Wildman–Crippen LogP) is 5.14. The van der Waals surface area contributed by atoms with Crippen molar-refractivity contribution in [1.82, 2.24) is 9.78 Å². The Kier molecular flexibility index (Phi) is 6.64. The maximum absolute atomic E-state index is 13.5. The molecule has 0 radical (unpaired) electrons. The Hall–Kier alpha value is -1.71. The molecule has 5 rings (SSSR count). The third-order valence-electron chi connectivity index (χ3n) is 11.2. The average molecular weight is 482 g/mol. The summed E-state index contributed by atoms with van der Waals surface area (Å²) in [6.45, 7) is 8.21. The second-order valence-corrected chi connectivity index (χ2v) is 12.5. The van der Waals surface area contributed by atoms with Gasteiger partial charge in [0.25, 0.3) is 0 Å². The van der Waals surface area contributed by atoms with E-state index < -0.39 is 5.60 Å². The molecule has 1 heterocycles. The molecule has 1 aromatic heterocycles. The number of hydrogen-bond acceptors (Lipinski definition) is 5. The highest BCUT2D eigenvalue weighted by molar-refractivity contribution is 5.82. The standard InChI is InChI=1S/C29H43N3O3/c1-4-29-14-13-28(34,19-35-5-2)16-20(29)6-7-22-23-8-9-25(27(23,3)12-10-24(22)29)26(33)18-32-15-11-21(17-30)31-32/h11,15,20,22-25,34H,4-10,12-14,16,18-19H2,1-3H3/t20-,22-,23-,24-,25+,27-,28+,29-/m0/s1. The zero-order valence-electron chi connectivity index (χ0n) is 21.8. The topological polar surface area (TPSA) is 88.1 Å². The van der Waals surface area contributed by atoms with Crippen LogP contribution >= 0.6 is 0 Å². The first-order chi connectivity index (χ1) is 16.8. The Balaban J connectivity index is 1.32. The highest BCUT2D eigenvalue weighted by Gasteiger charge is 2.62. The van der Waals surface area contributed by atoms with Gasteiger partial charge in [0.2, 0.25) is 0 Å². The summed E-state index contributed by atoms with van der Waals surface area (Å²) in [6.07, 6.45) is 12.8. The van der Waals surface area contributed by atoms with Crippen molar-refractivity contribution >= 4 is 5.78 Å². The van der Waals surface area contributed by atoms with Gasteiger partial charge in [-0.2, -0.15) is 10.4 Å². The first kappa shape index (κ1) is 25.0. The molecule has 1 N–H and O–H groups in total. The second kappa shape index (κ2) is 9.30. The van der Waals surface area contributed by atoms with Crippen LogP contribution in [-0.4, -0.2) is 39.5 Å². The van der Waals surface area contributed by atoms with Gasteiger partial charge in [0.15, 0.2) is 11.5 Å². The molecule has 0 unspecified atom stereocenters. The first-order valence-electron chi connectivity index (χ1n) is 14.0. The number of Topliss-reactive ketones (excluding diaryl/α,β-unsaturated/α-hetero) is 1. The van der Waals surface area contributed by atoms with Crippen molar-refractivity contribution < 1.29 is 14.6 Å². The van der Waals surface area contributed by atoms with Gasteiger partial charge in [-0.3, -0.25) is 9.48 Å². The lowest BCUT2D eigenvalue weighted by molar-refractivity contribution is -0.173. The molecule has 35 heavy (non-hydrogen) atoms. The Labute approximate surface area is 210 Å². The summed E-state index contributed by atoms with van der Waals surface area (Å²) >= 11 is 0. The van der Waals surface area contributed by atoms with Crippen LogP contribution in [0.5, 0.6) is 0 Å². The van der Waals surface area contributed by atoms with Gasteiger partial charge < -0.3 is 9.84 Å². The van der Waals surface area contributed by atoms with Crippen molar-refractivity contribution in [3.63, 3.8) is 0 Å². The van der Waals surface area contributed by atoms with Gasteiger partial charge in [-0.1, -0.05) is 13.8 Å². The van der Waals surface area contributed by atoms with Gasteiger partial charge in [-0.15, -0.1) is 0 Å². The van der Waals surface area contributed by atoms with Gasteiger partial charge in [-0.25, -0.2) is 0 Å². The zero-order chi connectivity index (χ0) is 24.8. The van der Waals surface area contributed by atoms with E-state index >= 15 is 0 Å². The first-order valence-corrected chi connectivity index (χ1v) is 14.0. The van der Waals surface area contributed by atoms with E-state index in [0.717, 1.165) is 44.4 Å². The molecule has 4 fully saturated rings. The summed E-state index contributed by atoms with van der Waals surface area (Å²) in [6, 6.07) is 3.74. The normalized spacial score (nSPS) is 42.5. The van der Waals surface area contributed by atoms with Crippen LogP contribution < -0.4 is 0 Å². The van der Waals surface area contributed by atoms with Crippen LogP contribution in [0.25, 0.3) is 0 Å². The van der Waals surface area contributed by atoms with Crippen molar-refractivity contribution in [2.45, 2.75) is 97.1 Å². The van der Waals surface area contributed by atoms with E-state index in [1.165, 1.54) is 25.7 Å². The number of carbonyl (C=O) groups is 1. The molecule has 0 saturated heterocycles.